The molecular formula is C23H29N5O2. The van der Waals surface area contributed by atoms with Crippen molar-refractivity contribution in [1.82, 2.24) is 15.5 Å². The molecule has 0 radical (unpaired) electrons. The van der Waals surface area contributed by atoms with Gasteiger partial charge in [0, 0.05) is 38.8 Å². The van der Waals surface area contributed by atoms with E-state index >= 15 is 0 Å². The minimum Gasteiger partial charge on any atom is -0.351 e. The maximum absolute atomic E-state index is 12.6. The summed E-state index contributed by atoms with van der Waals surface area (Å²) >= 11 is 0. The molecule has 3 rings (SSSR count). The standard InChI is InChI=1S/C23H29N5O2/c1-3-27(16-18-10-6-4-7-11-18)22(30)15-25-23(24-2)26-19-14-21(29)28(17-19)20-12-8-5-9-13-20/h4-13,19H,3,14-17H2,1-2H3,(H2,24,25,26). The second-order valence-electron chi connectivity index (χ2n) is 7.20. The highest BCUT2D eigenvalue weighted by atomic mass is 16.2. The number of rotatable bonds is 7. The van der Waals surface area contributed by atoms with Crippen LogP contribution in [0.25, 0.3) is 0 Å². The van der Waals surface area contributed by atoms with Crippen molar-refractivity contribution in [2.24, 2.45) is 4.99 Å². The number of hydrogen-bond acceptors (Lipinski definition) is 3. The molecule has 30 heavy (non-hydrogen) atoms. The van der Waals surface area contributed by atoms with Gasteiger partial charge in [-0.3, -0.25) is 14.6 Å². The van der Waals surface area contributed by atoms with Gasteiger partial charge in [-0.25, -0.2) is 0 Å². The van der Waals surface area contributed by atoms with Crippen LogP contribution in [-0.4, -0.2) is 55.4 Å². The number of amides is 2. The molecule has 2 aromatic rings. The molecule has 2 amide bonds. The molecule has 1 heterocycles. The van der Waals surface area contributed by atoms with Crippen LogP contribution in [-0.2, 0) is 16.1 Å². The quantitative estimate of drug-likeness (QED) is 0.544. The Bertz CT molecular complexity index is 870. The van der Waals surface area contributed by atoms with Crippen LogP contribution in [0.5, 0.6) is 0 Å². The normalized spacial score (nSPS) is 16.5. The third kappa shape index (κ3) is 5.59. The molecule has 0 saturated carbocycles. The molecule has 1 unspecified atom stereocenters. The Morgan fingerprint density at radius 2 is 1.80 bits per heavy atom. The average Bonchev–Trinajstić information content (AvgIpc) is 3.16. The summed E-state index contributed by atoms with van der Waals surface area (Å²) in [5, 5.41) is 6.35. The van der Waals surface area contributed by atoms with Crippen molar-refractivity contribution in [3.05, 3.63) is 66.2 Å². The Kier molecular flexibility index (Phi) is 7.43. The molecule has 7 nitrogen and oxygen atoms in total. The van der Waals surface area contributed by atoms with Gasteiger partial charge in [0.2, 0.25) is 11.8 Å². The van der Waals surface area contributed by atoms with E-state index in [2.05, 4.69) is 15.6 Å². The number of anilines is 1. The van der Waals surface area contributed by atoms with Crippen LogP contribution in [0.4, 0.5) is 5.69 Å². The highest BCUT2D eigenvalue weighted by molar-refractivity contribution is 5.97. The molecular weight excluding hydrogens is 378 g/mol. The highest BCUT2D eigenvalue weighted by Gasteiger charge is 2.31. The van der Waals surface area contributed by atoms with E-state index in [1.165, 1.54) is 0 Å². The topological polar surface area (TPSA) is 77.0 Å². The lowest BCUT2D eigenvalue weighted by atomic mass is 10.2. The average molecular weight is 408 g/mol. The second-order valence-corrected chi connectivity index (χ2v) is 7.20. The van der Waals surface area contributed by atoms with Gasteiger partial charge in [-0.05, 0) is 24.6 Å². The number of carbonyl (C=O) groups is 2. The fraction of sp³-hybridized carbons (Fsp3) is 0.348. The summed E-state index contributed by atoms with van der Waals surface area (Å²) in [6.45, 7) is 3.88. The van der Waals surface area contributed by atoms with E-state index in [1.54, 1.807) is 16.8 Å². The first-order valence-corrected chi connectivity index (χ1v) is 10.2. The number of para-hydroxylation sites is 1. The third-order valence-corrected chi connectivity index (χ3v) is 5.12. The van der Waals surface area contributed by atoms with Crippen molar-refractivity contribution in [3.63, 3.8) is 0 Å². The van der Waals surface area contributed by atoms with Gasteiger partial charge in [-0.2, -0.15) is 0 Å². The maximum Gasteiger partial charge on any atom is 0.242 e. The lowest BCUT2D eigenvalue weighted by Gasteiger charge is -2.23. The summed E-state index contributed by atoms with van der Waals surface area (Å²) in [4.78, 5) is 32.8. The van der Waals surface area contributed by atoms with Crippen molar-refractivity contribution in [1.29, 1.82) is 0 Å². The van der Waals surface area contributed by atoms with E-state index in [9.17, 15) is 9.59 Å². The van der Waals surface area contributed by atoms with E-state index in [-0.39, 0.29) is 24.4 Å². The summed E-state index contributed by atoms with van der Waals surface area (Å²) in [5.41, 5.74) is 1.99. The second kappa shape index (κ2) is 10.4. The Morgan fingerprint density at radius 1 is 1.13 bits per heavy atom. The van der Waals surface area contributed by atoms with Crippen molar-refractivity contribution in [3.8, 4) is 0 Å². The molecule has 0 bridgehead atoms. The number of guanidine groups is 1. The van der Waals surface area contributed by atoms with E-state index in [0.717, 1.165) is 11.3 Å². The number of benzene rings is 2. The maximum atomic E-state index is 12.6. The largest absolute Gasteiger partial charge is 0.351 e. The summed E-state index contributed by atoms with van der Waals surface area (Å²) in [6, 6.07) is 19.5. The smallest absolute Gasteiger partial charge is 0.242 e. The van der Waals surface area contributed by atoms with Crippen molar-refractivity contribution >= 4 is 23.5 Å². The molecule has 0 aromatic heterocycles. The van der Waals surface area contributed by atoms with Gasteiger partial charge in [0.25, 0.3) is 0 Å². The summed E-state index contributed by atoms with van der Waals surface area (Å²) in [5.74, 6) is 0.592. The van der Waals surface area contributed by atoms with Gasteiger partial charge in [0.05, 0.1) is 12.6 Å². The number of carbonyl (C=O) groups excluding carboxylic acids is 2. The molecule has 1 fully saturated rings. The fourth-order valence-electron chi connectivity index (χ4n) is 3.50. The molecule has 158 valence electrons. The first-order valence-electron chi connectivity index (χ1n) is 10.2. The van der Waals surface area contributed by atoms with Crippen LogP contribution in [0.2, 0.25) is 0 Å². The molecule has 1 atom stereocenters. The van der Waals surface area contributed by atoms with Crippen LogP contribution in [0.1, 0.15) is 18.9 Å². The minimum absolute atomic E-state index is 0.00212. The zero-order valence-electron chi connectivity index (χ0n) is 17.5. The van der Waals surface area contributed by atoms with Gasteiger partial charge in [-0.15, -0.1) is 0 Å². The molecule has 2 N–H and O–H groups in total. The molecule has 7 heteroatoms. The number of aliphatic imine (C=N–C) groups is 1. The lowest BCUT2D eigenvalue weighted by molar-refractivity contribution is -0.130. The Labute approximate surface area is 177 Å². The Morgan fingerprint density at radius 3 is 2.43 bits per heavy atom. The van der Waals surface area contributed by atoms with E-state index in [0.29, 0.717) is 32.0 Å². The predicted molar refractivity (Wildman–Crippen MR) is 119 cm³/mol. The Hall–Kier alpha value is -3.35. The SMILES string of the molecule is CCN(Cc1ccccc1)C(=O)CNC(=NC)NC1CC(=O)N(c2ccccc2)C1. The van der Waals surface area contributed by atoms with E-state index < -0.39 is 0 Å². The number of nitrogens with one attached hydrogen (secondary N) is 2. The summed E-state index contributed by atoms with van der Waals surface area (Å²) in [6.07, 6.45) is 0.388. The first-order chi connectivity index (χ1) is 14.6. The van der Waals surface area contributed by atoms with Gasteiger partial charge in [0.1, 0.15) is 0 Å². The predicted octanol–water partition coefficient (Wildman–Crippen LogP) is 2.01. The zero-order chi connectivity index (χ0) is 21.3. The minimum atomic E-state index is -0.0643. The molecule has 1 aliphatic rings. The molecule has 0 aliphatic carbocycles. The number of nitrogens with zero attached hydrogens (tertiary/aromatic N) is 3. The van der Waals surface area contributed by atoms with Crippen molar-refractivity contribution in [2.75, 3.05) is 31.6 Å². The van der Waals surface area contributed by atoms with Gasteiger partial charge < -0.3 is 20.4 Å². The van der Waals surface area contributed by atoms with Crippen molar-refractivity contribution in [2.45, 2.75) is 25.9 Å². The van der Waals surface area contributed by atoms with Gasteiger partial charge in [0.15, 0.2) is 5.96 Å². The van der Waals surface area contributed by atoms with Crippen LogP contribution < -0.4 is 15.5 Å². The van der Waals surface area contributed by atoms with Gasteiger partial charge >= 0.3 is 0 Å². The van der Waals surface area contributed by atoms with E-state index in [1.807, 2.05) is 67.6 Å². The molecule has 1 aliphatic heterocycles. The molecule has 1 saturated heterocycles. The van der Waals surface area contributed by atoms with Crippen LogP contribution in [0.15, 0.2) is 65.7 Å². The fourth-order valence-corrected chi connectivity index (χ4v) is 3.50. The summed E-state index contributed by atoms with van der Waals surface area (Å²) < 4.78 is 0. The number of hydrogen-bond donors (Lipinski definition) is 2. The zero-order valence-corrected chi connectivity index (χ0v) is 17.5. The van der Waals surface area contributed by atoms with Crippen LogP contribution >= 0.6 is 0 Å². The molecule has 0 spiro atoms. The lowest BCUT2D eigenvalue weighted by Crippen LogP contribution is -2.48. The summed E-state index contributed by atoms with van der Waals surface area (Å²) in [7, 11) is 1.66. The first kappa shape index (κ1) is 21.4. The highest BCUT2D eigenvalue weighted by Crippen LogP contribution is 2.20. The number of likely N-dealkylation sites (N-methyl/N-ethyl adjacent to an activating group) is 1. The monoisotopic (exact) mass is 407 g/mol. The third-order valence-electron chi connectivity index (χ3n) is 5.12. The van der Waals surface area contributed by atoms with E-state index in [4.69, 9.17) is 0 Å². The molecule has 2 aromatic carbocycles. The van der Waals surface area contributed by atoms with Crippen LogP contribution in [0, 0.1) is 0 Å². The van der Waals surface area contributed by atoms with Crippen LogP contribution in [0.3, 0.4) is 0 Å². The van der Waals surface area contributed by atoms with Gasteiger partial charge in [-0.1, -0.05) is 48.5 Å². The Balaban J connectivity index is 1.51. The van der Waals surface area contributed by atoms with Crippen molar-refractivity contribution < 1.29 is 9.59 Å².